The van der Waals surface area contributed by atoms with Crippen molar-refractivity contribution < 1.29 is 0 Å². The van der Waals surface area contributed by atoms with E-state index in [4.69, 9.17) is 11.6 Å². The van der Waals surface area contributed by atoms with Gasteiger partial charge in [0.25, 0.3) is 0 Å². The Morgan fingerprint density at radius 1 is 1.10 bits per heavy atom. The number of nitrogens with one attached hydrogen (secondary N) is 1. The quantitative estimate of drug-likeness (QED) is 0.813. The van der Waals surface area contributed by atoms with Gasteiger partial charge in [-0.2, -0.15) is 0 Å². The van der Waals surface area contributed by atoms with Crippen LogP contribution in [0, 0.1) is 6.92 Å². The van der Waals surface area contributed by atoms with E-state index < -0.39 is 0 Å². The van der Waals surface area contributed by atoms with E-state index in [1.807, 2.05) is 12.1 Å². The van der Waals surface area contributed by atoms with Crippen LogP contribution in [0.1, 0.15) is 48.4 Å². The van der Waals surface area contributed by atoms with E-state index in [2.05, 4.69) is 55.6 Å². The molecule has 0 bridgehead atoms. The molecule has 1 nitrogen and oxygen atoms in total. The van der Waals surface area contributed by atoms with E-state index in [1.54, 1.807) is 0 Å². The Balaban J connectivity index is 1.54. The van der Waals surface area contributed by atoms with Gasteiger partial charge in [0, 0.05) is 17.1 Å². The number of benzene rings is 2. The van der Waals surface area contributed by atoms with Crippen LogP contribution in [-0.2, 0) is 0 Å². The van der Waals surface area contributed by atoms with E-state index in [9.17, 15) is 0 Å². The summed E-state index contributed by atoms with van der Waals surface area (Å²) in [7, 11) is 0. The Bertz CT molecular complexity index is 599. The van der Waals surface area contributed by atoms with Gasteiger partial charge in [-0.1, -0.05) is 53.6 Å². The summed E-state index contributed by atoms with van der Waals surface area (Å²) >= 11 is 6.06. The highest BCUT2D eigenvalue weighted by molar-refractivity contribution is 6.30. The summed E-state index contributed by atoms with van der Waals surface area (Å²) in [4.78, 5) is 0. The van der Waals surface area contributed by atoms with Crippen molar-refractivity contribution in [3.8, 4) is 0 Å². The van der Waals surface area contributed by atoms with E-state index in [0.717, 1.165) is 10.9 Å². The summed E-state index contributed by atoms with van der Waals surface area (Å²) in [6.45, 7) is 4.35. The minimum absolute atomic E-state index is 0.354. The van der Waals surface area contributed by atoms with Crippen molar-refractivity contribution in [1.29, 1.82) is 0 Å². The molecule has 2 aromatic rings. The lowest BCUT2D eigenvalue weighted by atomic mass is 9.75. The lowest BCUT2D eigenvalue weighted by molar-refractivity contribution is 0.271. The standard InChI is InChI=1S/C19H22ClN/c1-13-6-8-15(9-7-13)17-11-19(12-17)21-14(2)16-4-3-5-18(20)10-16/h3-10,14,17,19,21H,11-12H2,1-2H3/t14-,17?,19?/m0/s1. The first-order valence-electron chi connectivity index (χ1n) is 7.70. The SMILES string of the molecule is Cc1ccc(C2CC(N[C@@H](C)c3cccc(Cl)c3)C2)cc1. The molecule has 2 heteroatoms. The molecule has 0 saturated heterocycles. The summed E-state index contributed by atoms with van der Waals surface area (Å²) in [5.74, 6) is 0.717. The van der Waals surface area contributed by atoms with Gasteiger partial charge in [0.2, 0.25) is 0 Å². The number of hydrogen-bond donors (Lipinski definition) is 1. The maximum atomic E-state index is 6.06. The van der Waals surface area contributed by atoms with Crippen molar-refractivity contribution in [2.24, 2.45) is 0 Å². The summed E-state index contributed by atoms with van der Waals surface area (Å²) in [5, 5.41) is 4.52. The van der Waals surface area contributed by atoms with Crippen molar-refractivity contribution in [1.82, 2.24) is 5.32 Å². The second-order valence-electron chi connectivity index (χ2n) is 6.22. The lowest BCUT2D eigenvalue weighted by Gasteiger charge is -2.38. The molecule has 1 saturated carbocycles. The topological polar surface area (TPSA) is 12.0 Å². The number of hydrogen-bond acceptors (Lipinski definition) is 1. The Labute approximate surface area is 132 Å². The molecule has 0 spiro atoms. The summed E-state index contributed by atoms with van der Waals surface area (Å²) in [5.41, 5.74) is 4.08. The molecule has 0 aliphatic heterocycles. The van der Waals surface area contributed by atoms with Gasteiger partial charge >= 0.3 is 0 Å². The molecule has 21 heavy (non-hydrogen) atoms. The first-order chi connectivity index (χ1) is 10.1. The monoisotopic (exact) mass is 299 g/mol. The van der Waals surface area contributed by atoms with E-state index in [-0.39, 0.29) is 0 Å². The van der Waals surface area contributed by atoms with Crippen LogP contribution in [0.5, 0.6) is 0 Å². The highest BCUT2D eigenvalue weighted by atomic mass is 35.5. The average molecular weight is 300 g/mol. The molecular weight excluding hydrogens is 278 g/mol. The zero-order valence-electron chi connectivity index (χ0n) is 12.6. The maximum Gasteiger partial charge on any atom is 0.0409 e. The highest BCUT2D eigenvalue weighted by Crippen LogP contribution is 2.38. The van der Waals surface area contributed by atoms with Crippen molar-refractivity contribution in [3.05, 3.63) is 70.2 Å². The molecule has 1 aliphatic carbocycles. The third-order valence-electron chi connectivity index (χ3n) is 4.52. The summed E-state index contributed by atoms with van der Waals surface area (Å²) in [6, 6.07) is 18.1. The van der Waals surface area contributed by atoms with Crippen LogP contribution in [0.3, 0.4) is 0 Å². The molecule has 1 atom stereocenters. The first kappa shape index (κ1) is 14.6. The normalized spacial score (nSPS) is 22.6. The summed E-state index contributed by atoms with van der Waals surface area (Å²) < 4.78 is 0. The van der Waals surface area contributed by atoms with Crippen molar-refractivity contribution in [3.63, 3.8) is 0 Å². The zero-order valence-corrected chi connectivity index (χ0v) is 13.4. The van der Waals surface area contributed by atoms with Gasteiger partial charge in [-0.3, -0.25) is 0 Å². The fourth-order valence-electron chi connectivity index (χ4n) is 3.09. The Morgan fingerprint density at radius 3 is 2.48 bits per heavy atom. The minimum Gasteiger partial charge on any atom is -0.307 e. The number of rotatable bonds is 4. The second kappa shape index (κ2) is 6.21. The molecule has 3 rings (SSSR count). The third kappa shape index (κ3) is 3.48. The van der Waals surface area contributed by atoms with E-state index in [0.29, 0.717) is 12.1 Å². The van der Waals surface area contributed by atoms with Gasteiger partial charge in [0.05, 0.1) is 0 Å². The van der Waals surface area contributed by atoms with Gasteiger partial charge in [0.1, 0.15) is 0 Å². The van der Waals surface area contributed by atoms with Gasteiger partial charge in [0.15, 0.2) is 0 Å². The fourth-order valence-corrected chi connectivity index (χ4v) is 3.29. The maximum absolute atomic E-state index is 6.06. The second-order valence-corrected chi connectivity index (χ2v) is 6.66. The van der Waals surface area contributed by atoms with Crippen LogP contribution >= 0.6 is 11.6 Å². The zero-order chi connectivity index (χ0) is 14.8. The predicted molar refractivity (Wildman–Crippen MR) is 89.9 cm³/mol. The van der Waals surface area contributed by atoms with Crippen LogP contribution in [0.2, 0.25) is 5.02 Å². The molecular formula is C19H22ClN. The number of aryl methyl sites for hydroxylation is 1. The van der Waals surface area contributed by atoms with Gasteiger partial charge in [-0.25, -0.2) is 0 Å². The van der Waals surface area contributed by atoms with Gasteiger partial charge in [-0.05, 0) is 55.9 Å². The van der Waals surface area contributed by atoms with Gasteiger partial charge < -0.3 is 5.32 Å². The van der Waals surface area contributed by atoms with Gasteiger partial charge in [-0.15, -0.1) is 0 Å². The van der Waals surface area contributed by atoms with Crippen LogP contribution in [-0.4, -0.2) is 6.04 Å². The molecule has 0 amide bonds. The molecule has 0 aromatic heterocycles. The van der Waals surface area contributed by atoms with Crippen molar-refractivity contribution in [2.45, 2.75) is 44.7 Å². The lowest BCUT2D eigenvalue weighted by Crippen LogP contribution is -2.41. The largest absolute Gasteiger partial charge is 0.307 e. The molecule has 110 valence electrons. The highest BCUT2D eigenvalue weighted by Gasteiger charge is 2.30. The Kier molecular flexibility index (Phi) is 4.32. The Hall–Kier alpha value is -1.31. The number of halogens is 1. The average Bonchev–Trinajstić information content (AvgIpc) is 2.43. The smallest absolute Gasteiger partial charge is 0.0409 e. The molecule has 1 fully saturated rings. The van der Waals surface area contributed by atoms with Crippen LogP contribution in [0.25, 0.3) is 0 Å². The minimum atomic E-state index is 0.354. The van der Waals surface area contributed by atoms with E-state index in [1.165, 1.54) is 29.5 Å². The van der Waals surface area contributed by atoms with Crippen molar-refractivity contribution in [2.75, 3.05) is 0 Å². The predicted octanol–water partition coefficient (Wildman–Crippen LogP) is 5.25. The molecule has 1 N–H and O–H groups in total. The fraction of sp³-hybridized carbons (Fsp3) is 0.368. The molecule has 0 heterocycles. The molecule has 0 radical (unpaired) electrons. The third-order valence-corrected chi connectivity index (χ3v) is 4.76. The van der Waals surface area contributed by atoms with Crippen LogP contribution in [0.4, 0.5) is 0 Å². The first-order valence-corrected chi connectivity index (χ1v) is 8.07. The van der Waals surface area contributed by atoms with E-state index >= 15 is 0 Å². The Morgan fingerprint density at radius 2 is 1.81 bits per heavy atom. The molecule has 0 unspecified atom stereocenters. The summed E-state index contributed by atoms with van der Waals surface area (Å²) in [6.07, 6.45) is 2.46. The van der Waals surface area contributed by atoms with Crippen LogP contribution in [0.15, 0.2) is 48.5 Å². The van der Waals surface area contributed by atoms with Crippen LogP contribution < -0.4 is 5.32 Å². The molecule has 2 aromatic carbocycles. The molecule has 1 aliphatic rings. The van der Waals surface area contributed by atoms with Crippen molar-refractivity contribution >= 4 is 11.6 Å².